The highest BCUT2D eigenvalue weighted by Crippen LogP contribution is 2.18. The number of urea groups is 1. The minimum Gasteiger partial charge on any atom is -0.478 e. The van der Waals surface area contributed by atoms with Gasteiger partial charge < -0.3 is 5.11 Å². The fraction of sp³-hybridized carbons (Fsp3) is 0.100. The van der Waals surface area contributed by atoms with Crippen LogP contribution in [0.4, 0.5) is 10.5 Å². The van der Waals surface area contributed by atoms with Gasteiger partial charge in [0.15, 0.2) is 0 Å². The second-order valence-electron chi connectivity index (χ2n) is 3.29. The van der Waals surface area contributed by atoms with Crippen molar-refractivity contribution >= 4 is 23.6 Å². The molecule has 2 N–H and O–H groups in total. The van der Waals surface area contributed by atoms with E-state index < -0.39 is 17.9 Å². The zero-order valence-corrected chi connectivity index (χ0v) is 8.14. The summed E-state index contributed by atoms with van der Waals surface area (Å²) in [4.78, 5) is 34.2. The summed E-state index contributed by atoms with van der Waals surface area (Å²) in [6, 6.07) is 5.33. The van der Waals surface area contributed by atoms with E-state index in [-0.39, 0.29) is 12.1 Å². The third kappa shape index (κ3) is 1.72. The molecule has 0 radical (unpaired) electrons. The molecule has 1 aliphatic heterocycles. The lowest BCUT2D eigenvalue weighted by atomic mass is 10.2. The molecule has 0 spiro atoms. The molecule has 3 amide bonds. The standard InChI is InChI=1S/C10H8N2O4/c13-8-5-12(10(16)11-8)7-3-1-2-6(4-7)9(14)15/h1-4H,5H2,(H,14,15)(H,11,13,16). The molecular weight excluding hydrogens is 212 g/mol. The van der Waals surface area contributed by atoms with Crippen LogP contribution in [0.5, 0.6) is 0 Å². The Morgan fingerprint density at radius 1 is 1.38 bits per heavy atom. The summed E-state index contributed by atoms with van der Waals surface area (Å²) in [6.07, 6.45) is 0. The molecule has 1 fully saturated rings. The second kappa shape index (κ2) is 3.65. The van der Waals surface area contributed by atoms with Crippen molar-refractivity contribution in [3.63, 3.8) is 0 Å². The zero-order valence-electron chi connectivity index (χ0n) is 8.14. The molecule has 0 atom stereocenters. The van der Waals surface area contributed by atoms with Gasteiger partial charge in [0.2, 0.25) is 5.91 Å². The molecule has 6 heteroatoms. The Morgan fingerprint density at radius 2 is 2.12 bits per heavy atom. The summed E-state index contributed by atoms with van der Waals surface area (Å²) in [5.41, 5.74) is 0.466. The topological polar surface area (TPSA) is 86.7 Å². The highest BCUT2D eigenvalue weighted by molar-refractivity contribution is 6.12. The fourth-order valence-electron chi connectivity index (χ4n) is 1.46. The summed E-state index contributed by atoms with van der Waals surface area (Å²) in [6.45, 7) is -0.0814. The predicted molar refractivity (Wildman–Crippen MR) is 54.3 cm³/mol. The summed E-state index contributed by atoms with van der Waals surface area (Å²) in [5, 5.41) is 10.9. The summed E-state index contributed by atoms with van der Waals surface area (Å²) in [5.74, 6) is -1.47. The van der Waals surface area contributed by atoms with Crippen molar-refractivity contribution in [1.82, 2.24) is 5.32 Å². The number of amides is 3. The van der Waals surface area contributed by atoms with Crippen molar-refractivity contribution in [3.8, 4) is 0 Å². The number of benzene rings is 1. The molecule has 1 heterocycles. The van der Waals surface area contributed by atoms with Crippen LogP contribution in [-0.4, -0.2) is 29.6 Å². The maximum Gasteiger partial charge on any atom is 0.335 e. The summed E-state index contributed by atoms with van der Waals surface area (Å²) >= 11 is 0. The Balaban J connectivity index is 2.34. The average Bonchev–Trinajstić information content (AvgIpc) is 2.58. The van der Waals surface area contributed by atoms with Crippen molar-refractivity contribution in [2.24, 2.45) is 0 Å². The largest absolute Gasteiger partial charge is 0.478 e. The lowest BCUT2D eigenvalue weighted by Gasteiger charge is -2.13. The van der Waals surface area contributed by atoms with E-state index in [1.807, 2.05) is 0 Å². The minimum absolute atomic E-state index is 0.0737. The SMILES string of the molecule is O=C1CN(c2cccc(C(=O)O)c2)C(=O)N1. The van der Waals surface area contributed by atoms with Crippen LogP contribution >= 0.6 is 0 Å². The molecule has 0 bridgehead atoms. The van der Waals surface area contributed by atoms with Crippen molar-refractivity contribution < 1.29 is 19.5 Å². The van der Waals surface area contributed by atoms with Crippen LogP contribution in [0.25, 0.3) is 0 Å². The predicted octanol–water partition coefficient (Wildman–Crippen LogP) is 0.441. The van der Waals surface area contributed by atoms with Crippen LogP contribution in [0.1, 0.15) is 10.4 Å². The Kier molecular flexibility index (Phi) is 2.32. The molecule has 0 aromatic heterocycles. The summed E-state index contributed by atoms with van der Waals surface area (Å²) < 4.78 is 0. The maximum absolute atomic E-state index is 11.3. The number of imide groups is 1. The van der Waals surface area contributed by atoms with Crippen LogP contribution in [0.2, 0.25) is 0 Å². The smallest absolute Gasteiger partial charge is 0.335 e. The van der Waals surface area contributed by atoms with E-state index in [1.54, 1.807) is 6.07 Å². The first-order chi connectivity index (χ1) is 7.58. The van der Waals surface area contributed by atoms with Crippen LogP contribution in [0, 0.1) is 0 Å². The number of aromatic carboxylic acids is 1. The fourth-order valence-corrected chi connectivity index (χ4v) is 1.46. The molecular formula is C10H8N2O4. The number of carboxylic acids is 1. The lowest BCUT2D eigenvalue weighted by molar-refractivity contribution is -0.117. The number of nitrogens with one attached hydrogen (secondary N) is 1. The highest BCUT2D eigenvalue weighted by Gasteiger charge is 2.28. The van der Waals surface area contributed by atoms with Gasteiger partial charge in [0.25, 0.3) is 0 Å². The third-order valence-electron chi connectivity index (χ3n) is 2.20. The van der Waals surface area contributed by atoms with Crippen LogP contribution in [0.15, 0.2) is 24.3 Å². The van der Waals surface area contributed by atoms with Crippen LogP contribution in [0.3, 0.4) is 0 Å². The van der Waals surface area contributed by atoms with Crippen molar-refractivity contribution in [1.29, 1.82) is 0 Å². The molecule has 1 aromatic carbocycles. The van der Waals surface area contributed by atoms with Gasteiger partial charge in [0.05, 0.1) is 5.56 Å². The molecule has 0 aliphatic carbocycles. The number of carboxylic acid groups (broad SMARTS) is 1. The van der Waals surface area contributed by atoms with E-state index in [2.05, 4.69) is 5.32 Å². The van der Waals surface area contributed by atoms with Crippen LogP contribution < -0.4 is 10.2 Å². The molecule has 0 saturated carbocycles. The molecule has 1 saturated heterocycles. The monoisotopic (exact) mass is 220 g/mol. The first-order valence-electron chi connectivity index (χ1n) is 4.52. The van der Waals surface area contributed by atoms with Crippen molar-refractivity contribution in [2.45, 2.75) is 0 Å². The Morgan fingerprint density at radius 3 is 2.69 bits per heavy atom. The third-order valence-corrected chi connectivity index (χ3v) is 2.20. The van der Waals surface area contributed by atoms with Gasteiger partial charge in [-0.3, -0.25) is 15.0 Å². The lowest BCUT2D eigenvalue weighted by Crippen LogP contribution is -2.27. The van der Waals surface area contributed by atoms with E-state index in [1.165, 1.54) is 23.1 Å². The number of rotatable bonds is 2. The Bertz CT molecular complexity index is 483. The first-order valence-corrected chi connectivity index (χ1v) is 4.52. The summed E-state index contributed by atoms with van der Waals surface area (Å²) in [7, 11) is 0. The number of anilines is 1. The molecule has 1 aliphatic rings. The minimum atomic E-state index is -1.08. The van der Waals surface area contributed by atoms with Gasteiger partial charge >= 0.3 is 12.0 Å². The second-order valence-corrected chi connectivity index (χ2v) is 3.29. The highest BCUT2D eigenvalue weighted by atomic mass is 16.4. The molecule has 82 valence electrons. The van der Waals surface area contributed by atoms with Gasteiger partial charge in [-0.05, 0) is 18.2 Å². The molecule has 2 rings (SSSR count). The Hall–Kier alpha value is -2.37. The van der Waals surface area contributed by atoms with Gasteiger partial charge in [-0.2, -0.15) is 0 Å². The first kappa shape index (κ1) is 10.2. The van der Waals surface area contributed by atoms with Gasteiger partial charge in [0, 0.05) is 5.69 Å². The maximum atomic E-state index is 11.3. The van der Waals surface area contributed by atoms with Crippen LogP contribution in [-0.2, 0) is 4.79 Å². The molecule has 16 heavy (non-hydrogen) atoms. The molecule has 6 nitrogen and oxygen atoms in total. The van der Waals surface area contributed by atoms with Gasteiger partial charge in [-0.1, -0.05) is 6.07 Å². The van der Waals surface area contributed by atoms with E-state index >= 15 is 0 Å². The van der Waals surface area contributed by atoms with Crippen molar-refractivity contribution in [2.75, 3.05) is 11.4 Å². The van der Waals surface area contributed by atoms with E-state index in [0.29, 0.717) is 5.69 Å². The van der Waals surface area contributed by atoms with E-state index in [4.69, 9.17) is 5.11 Å². The number of nitrogens with zero attached hydrogens (tertiary/aromatic N) is 1. The number of hydrogen-bond donors (Lipinski definition) is 2. The Labute approximate surface area is 90.5 Å². The molecule has 0 unspecified atom stereocenters. The van der Waals surface area contributed by atoms with E-state index in [0.717, 1.165) is 0 Å². The molecule has 1 aromatic rings. The van der Waals surface area contributed by atoms with Gasteiger partial charge in [0.1, 0.15) is 6.54 Å². The normalized spacial score (nSPS) is 15.1. The zero-order chi connectivity index (χ0) is 11.7. The number of carbonyl (C=O) groups excluding carboxylic acids is 2. The average molecular weight is 220 g/mol. The quantitative estimate of drug-likeness (QED) is 0.708. The van der Waals surface area contributed by atoms with Gasteiger partial charge in [-0.25, -0.2) is 9.59 Å². The van der Waals surface area contributed by atoms with Gasteiger partial charge in [-0.15, -0.1) is 0 Å². The van der Waals surface area contributed by atoms with E-state index in [9.17, 15) is 14.4 Å². The number of hydrogen-bond acceptors (Lipinski definition) is 3. The number of carbonyl (C=O) groups is 3. The van der Waals surface area contributed by atoms with Crippen molar-refractivity contribution in [3.05, 3.63) is 29.8 Å².